The van der Waals surface area contributed by atoms with E-state index in [0.29, 0.717) is 39.9 Å². The van der Waals surface area contributed by atoms with Crippen molar-refractivity contribution in [1.29, 1.82) is 0 Å². The Hall–Kier alpha value is -3.10. The van der Waals surface area contributed by atoms with Gasteiger partial charge < -0.3 is 14.6 Å². The molecule has 0 aromatic heterocycles. The van der Waals surface area contributed by atoms with Gasteiger partial charge in [-0.05, 0) is 42.0 Å². The highest BCUT2D eigenvalue weighted by Gasteiger charge is 2.54. The van der Waals surface area contributed by atoms with Gasteiger partial charge in [0.25, 0.3) is 5.91 Å². The summed E-state index contributed by atoms with van der Waals surface area (Å²) in [5.41, 5.74) is 3.17. The fraction of sp³-hybridized carbons (Fsp3) is 0.259. The molecule has 0 saturated carbocycles. The van der Waals surface area contributed by atoms with Crippen molar-refractivity contribution >= 4 is 35.0 Å². The highest BCUT2D eigenvalue weighted by atomic mass is 35.5. The lowest BCUT2D eigenvalue weighted by Gasteiger charge is -2.30. The second-order valence-corrected chi connectivity index (χ2v) is 9.10. The standard InChI is InChI=1S/C27H26Cl2N2O5/c1-34-31-26(33)27(17-18-6-3-2-4-7-18)24(22-13-10-20(28)16-23(22)29)36-25(30-27)19-8-11-21(12-9-19)35-15-5-14-32/h2-4,6-13,16,24,32H,5,14-15,17H2,1H3,(H,31,33)/t24-,27-/m0/s1. The van der Waals surface area contributed by atoms with Gasteiger partial charge in [0, 0.05) is 40.6 Å². The quantitative estimate of drug-likeness (QED) is 0.287. The number of halogens is 2. The van der Waals surface area contributed by atoms with Gasteiger partial charge in [-0.1, -0.05) is 59.6 Å². The minimum Gasteiger partial charge on any atom is -0.494 e. The van der Waals surface area contributed by atoms with Crippen LogP contribution in [0, 0.1) is 0 Å². The molecule has 2 N–H and O–H groups in total. The zero-order valence-electron chi connectivity index (χ0n) is 19.6. The first-order chi connectivity index (χ1) is 17.5. The van der Waals surface area contributed by atoms with E-state index >= 15 is 0 Å². The molecule has 0 bridgehead atoms. The molecule has 0 radical (unpaired) electrons. The molecular formula is C27H26Cl2N2O5. The third-order valence-corrected chi connectivity index (χ3v) is 6.35. The highest BCUT2D eigenvalue weighted by Crippen LogP contribution is 2.45. The number of hydroxylamine groups is 1. The predicted octanol–water partition coefficient (Wildman–Crippen LogP) is 4.93. The van der Waals surface area contributed by atoms with E-state index in [4.69, 9.17) is 47.6 Å². The van der Waals surface area contributed by atoms with E-state index in [1.807, 2.05) is 30.3 Å². The summed E-state index contributed by atoms with van der Waals surface area (Å²) in [5.74, 6) is 0.467. The van der Waals surface area contributed by atoms with E-state index in [1.54, 1.807) is 42.5 Å². The van der Waals surface area contributed by atoms with Crippen molar-refractivity contribution in [3.63, 3.8) is 0 Å². The van der Waals surface area contributed by atoms with Gasteiger partial charge in [0.15, 0.2) is 11.6 Å². The van der Waals surface area contributed by atoms with Gasteiger partial charge in [0.1, 0.15) is 5.75 Å². The number of aliphatic imine (C=N–C) groups is 1. The largest absolute Gasteiger partial charge is 0.494 e. The Morgan fingerprint density at radius 3 is 2.53 bits per heavy atom. The van der Waals surface area contributed by atoms with Crippen LogP contribution in [-0.2, 0) is 20.8 Å². The lowest BCUT2D eigenvalue weighted by atomic mass is 9.82. The number of amides is 1. The van der Waals surface area contributed by atoms with Gasteiger partial charge in [-0.15, -0.1) is 0 Å². The Labute approximate surface area is 219 Å². The monoisotopic (exact) mass is 528 g/mol. The molecule has 188 valence electrons. The van der Waals surface area contributed by atoms with Crippen LogP contribution >= 0.6 is 23.2 Å². The van der Waals surface area contributed by atoms with Crippen molar-refractivity contribution < 1.29 is 24.2 Å². The summed E-state index contributed by atoms with van der Waals surface area (Å²) in [4.78, 5) is 23.4. The molecule has 9 heteroatoms. The third kappa shape index (κ3) is 5.65. The maximum absolute atomic E-state index is 13.6. The second kappa shape index (κ2) is 11.8. The molecule has 7 nitrogen and oxygen atoms in total. The molecule has 4 rings (SSSR count). The number of ether oxygens (including phenoxy) is 2. The SMILES string of the molecule is CONC(=O)[C@@]1(Cc2ccccc2)N=C(c2ccc(OCCCO)cc2)O[C@H]1c1ccc(Cl)cc1Cl. The zero-order valence-corrected chi connectivity index (χ0v) is 21.1. The van der Waals surface area contributed by atoms with Gasteiger partial charge in [-0.2, -0.15) is 0 Å². The summed E-state index contributed by atoms with van der Waals surface area (Å²) in [6, 6.07) is 21.8. The van der Waals surface area contributed by atoms with Crippen molar-refractivity contribution in [1.82, 2.24) is 5.48 Å². The number of carbonyl (C=O) groups is 1. The maximum Gasteiger partial charge on any atom is 0.276 e. The number of hydrogen-bond donors (Lipinski definition) is 2. The lowest BCUT2D eigenvalue weighted by molar-refractivity contribution is -0.139. The van der Waals surface area contributed by atoms with Crippen LogP contribution in [0.2, 0.25) is 10.0 Å². The summed E-state index contributed by atoms with van der Waals surface area (Å²) >= 11 is 12.7. The Bertz CT molecular complexity index is 1220. The first-order valence-corrected chi connectivity index (χ1v) is 12.2. The molecule has 0 aliphatic carbocycles. The van der Waals surface area contributed by atoms with Crippen LogP contribution in [0.5, 0.6) is 5.75 Å². The number of hydrogen-bond acceptors (Lipinski definition) is 6. The fourth-order valence-corrected chi connectivity index (χ4v) is 4.57. The number of aliphatic hydroxyl groups excluding tert-OH is 1. The smallest absolute Gasteiger partial charge is 0.276 e. The van der Waals surface area contributed by atoms with Crippen molar-refractivity contribution in [2.45, 2.75) is 24.5 Å². The van der Waals surface area contributed by atoms with Gasteiger partial charge in [0.2, 0.25) is 5.90 Å². The molecule has 1 aliphatic rings. The number of nitrogens with zero attached hydrogens (tertiary/aromatic N) is 1. The number of rotatable bonds is 10. The summed E-state index contributed by atoms with van der Waals surface area (Å²) in [7, 11) is 1.37. The predicted molar refractivity (Wildman–Crippen MR) is 138 cm³/mol. The highest BCUT2D eigenvalue weighted by molar-refractivity contribution is 6.35. The second-order valence-electron chi connectivity index (χ2n) is 8.25. The summed E-state index contributed by atoms with van der Waals surface area (Å²) in [6.45, 7) is 0.465. The van der Waals surface area contributed by atoms with E-state index in [0.717, 1.165) is 5.56 Å². The minimum atomic E-state index is -1.42. The molecule has 36 heavy (non-hydrogen) atoms. The van der Waals surface area contributed by atoms with Gasteiger partial charge in [-0.25, -0.2) is 10.5 Å². The topological polar surface area (TPSA) is 89.4 Å². The Morgan fingerprint density at radius 2 is 1.86 bits per heavy atom. The van der Waals surface area contributed by atoms with Gasteiger partial charge in [-0.3, -0.25) is 9.63 Å². The molecule has 1 amide bonds. The molecule has 1 heterocycles. The van der Waals surface area contributed by atoms with Crippen molar-refractivity contribution in [3.05, 3.63) is 99.5 Å². The van der Waals surface area contributed by atoms with E-state index in [1.165, 1.54) is 7.11 Å². The molecule has 3 aromatic carbocycles. The molecular weight excluding hydrogens is 503 g/mol. The summed E-state index contributed by atoms with van der Waals surface area (Å²) in [6.07, 6.45) is -0.0796. The van der Waals surface area contributed by atoms with Crippen molar-refractivity contribution in [3.8, 4) is 5.75 Å². The van der Waals surface area contributed by atoms with Crippen molar-refractivity contribution in [2.24, 2.45) is 4.99 Å². The van der Waals surface area contributed by atoms with Crippen LogP contribution in [0.1, 0.15) is 29.2 Å². The Kier molecular flexibility index (Phi) is 8.48. The van der Waals surface area contributed by atoms with Crippen LogP contribution in [0.25, 0.3) is 0 Å². The fourth-order valence-electron chi connectivity index (χ4n) is 4.06. The van der Waals surface area contributed by atoms with Crippen LogP contribution in [0.4, 0.5) is 0 Å². The molecule has 2 atom stereocenters. The average Bonchev–Trinajstić information content (AvgIpc) is 3.25. The molecule has 3 aromatic rings. The first kappa shape index (κ1) is 26.0. The van der Waals surface area contributed by atoms with E-state index in [-0.39, 0.29) is 18.9 Å². The van der Waals surface area contributed by atoms with E-state index in [2.05, 4.69) is 5.48 Å². The first-order valence-electron chi connectivity index (χ1n) is 11.4. The Morgan fingerprint density at radius 1 is 1.11 bits per heavy atom. The van der Waals surface area contributed by atoms with Gasteiger partial charge in [0.05, 0.1) is 13.7 Å². The third-order valence-electron chi connectivity index (χ3n) is 5.79. The van der Waals surface area contributed by atoms with Crippen molar-refractivity contribution in [2.75, 3.05) is 20.3 Å². The van der Waals surface area contributed by atoms with Crippen LogP contribution < -0.4 is 10.2 Å². The van der Waals surface area contributed by atoms with Crippen LogP contribution in [-0.4, -0.2) is 42.8 Å². The van der Waals surface area contributed by atoms with Gasteiger partial charge >= 0.3 is 0 Å². The molecule has 0 unspecified atom stereocenters. The van der Waals surface area contributed by atoms with E-state index in [9.17, 15) is 4.79 Å². The van der Waals surface area contributed by atoms with Crippen LogP contribution in [0.15, 0.2) is 77.8 Å². The van der Waals surface area contributed by atoms with Crippen LogP contribution in [0.3, 0.4) is 0 Å². The number of carbonyl (C=O) groups excluding carboxylic acids is 1. The Balaban J connectivity index is 1.78. The number of nitrogens with one attached hydrogen (secondary N) is 1. The number of aliphatic hydroxyl groups is 1. The lowest BCUT2D eigenvalue weighted by Crippen LogP contribution is -2.49. The molecule has 0 saturated heterocycles. The molecule has 1 aliphatic heterocycles. The molecule has 0 fully saturated rings. The van der Waals surface area contributed by atoms with E-state index < -0.39 is 17.6 Å². The minimum absolute atomic E-state index is 0.0599. The summed E-state index contributed by atoms with van der Waals surface area (Å²) in [5, 5.41) is 9.78. The summed E-state index contributed by atoms with van der Waals surface area (Å²) < 4.78 is 12.0. The maximum atomic E-state index is 13.6. The zero-order chi connectivity index (χ0) is 25.5. The normalized spacial score (nSPS) is 18.9. The molecule has 0 spiro atoms. The average molecular weight is 529 g/mol. The number of benzene rings is 3.